The van der Waals surface area contributed by atoms with Crippen LogP contribution in [-0.2, 0) is 4.74 Å². The second-order valence-electron chi connectivity index (χ2n) is 4.15. The van der Waals surface area contributed by atoms with E-state index in [0.717, 1.165) is 15.7 Å². The Bertz CT molecular complexity index is 485. The van der Waals surface area contributed by atoms with Crippen molar-refractivity contribution in [1.82, 2.24) is 5.32 Å². The molecule has 0 unspecified atom stereocenters. The molecule has 0 atom stereocenters. The number of para-hydroxylation sites is 1. The maximum atomic E-state index is 12.1. The van der Waals surface area contributed by atoms with Gasteiger partial charge in [0.1, 0.15) is 0 Å². The van der Waals surface area contributed by atoms with Gasteiger partial charge in [0, 0.05) is 18.6 Å². The predicted octanol–water partition coefficient (Wildman–Crippen LogP) is 1.86. The van der Waals surface area contributed by atoms with Gasteiger partial charge in [0.25, 0.3) is 0 Å². The van der Waals surface area contributed by atoms with E-state index in [4.69, 9.17) is 10.5 Å². The first-order valence-corrected chi connectivity index (χ1v) is 6.85. The van der Waals surface area contributed by atoms with Gasteiger partial charge in [-0.3, -0.25) is 15.2 Å². The number of aryl methyl sites for hydroxylation is 1. The fourth-order valence-electron chi connectivity index (χ4n) is 1.64. The van der Waals surface area contributed by atoms with Crippen molar-refractivity contribution in [2.24, 2.45) is 10.7 Å². The highest BCUT2D eigenvalue weighted by Crippen LogP contribution is 2.28. The highest BCUT2D eigenvalue weighted by atomic mass is 79.9. The number of anilines is 1. The average molecular weight is 343 g/mol. The van der Waals surface area contributed by atoms with Crippen molar-refractivity contribution >= 4 is 33.6 Å². The molecule has 1 rings (SSSR count). The Morgan fingerprint density at radius 2 is 2.25 bits per heavy atom. The lowest BCUT2D eigenvalue weighted by atomic mass is 10.2. The third-order valence-electron chi connectivity index (χ3n) is 2.64. The molecule has 1 aromatic rings. The Hall–Kier alpha value is -1.60. The quantitative estimate of drug-likeness (QED) is 0.498. The van der Waals surface area contributed by atoms with Crippen molar-refractivity contribution in [2.75, 3.05) is 32.2 Å². The maximum absolute atomic E-state index is 12.1. The number of rotatable bonds is 4. The number of hydrogen-bond acceptors (Lipinski definition) is 3. The van der Waals surface area contributed by atoms with Crippen molar-refractivity contribution in [3.8, 4) is 0 Å². The van der Waals surface area contributed by atoms with Gasteiger partial charge in [0.05, 0.1) is 18.8 Å². The smallest absolute Gasteiger partial charge is 0.328 e. The van der Waals surface area contributed by atoms with Gasteiger partial charge in [-0.25, -0.2) is 4.79 Å². The van der Waals surface area contributed by atoms with Crippen LogP contribution in [0.1, 0.15) is 5.56 Å². The number of aliphatic imine (C=N–C) groups is 1. The van der Waals surface area contributed by atoms with Crippen LogP contribution in [0.3, 0.4) is 0 Å². The Kier molecular flexibility index (Phi) is 6.47. The molecule has 0 aliphatic heterocycles. The Labute approximate surface area is 127 Å². The van der Waals surface area contributed by atoms with E-state index in [0.29, 0.717) is 13.2 Å². The van der Waals surface area contributed by atoms with Crippen LogP contribution in [0.4, 0.5) is 10.5 Å². The number of guanidine groups is 1. The molecule has 0 heterocycles. The number of carbonyl (C=O) groups is 1. The molecule has 20 heavy (non-hydrogen) atoms. The van der Waals surface area contributed by atoms with E-state index in [1.54, 1.807) is 14.2 Å². The number of urea groups is 1. The van der Waals surface area contributed by atoms with Crippen molar-refractivity contribution in [1.29, 1.82) is 0 Å². The number of benzene rings is 1. The van der Waals surface area contributed by atoms with Crippen LogP contribution in [0.15, 0.2) is 27.7 Å². The number of nitrogens with one attached hydrogen (secondary N) is 1. The molecule has 0 saturated heterocycles. The fourth-order valence-corrected chi connectivity index (χ4v) is 2.37. The van der Waals surface area contributed by atoms with E-state index in [1.165, 1.54) is 4.90 Å². The first-order valence-electron chi connectivity index (χ1n) is 6.06. The number of carbonyl (C=O) groups excluding carboxylic acids is 1. The largest absolute Gasteiger partial charge is 0.383 e. The van der Waals surface area contributed by atoms with Crippen LogP contribution in [-0.4, -0.2) is 39.3 Å². The van der Waals surface area contributed by atoms with Crippen molar-refractivity contribution in [3.63, 3.8) is 0 Å². The normalized spacial score (nSPS) is 11.3. The van der Waals surface area contributed by atoms with Gasteiger partial charge >= 0.3 is 6.03 Å². The summed E-state index contributed by atoms with van der Waals surface area (Å²) in [5.74, 6) is 0.0728. The van der Waals surface area contributed by atoms with Crippen LogP contribution in [0.2, 0.25) is 0 Å². The van der Waals surface area contributed by atoms with Crippen LogP contribution in [0.5, 0.6) is 0 Å². The lowest BCUT2D eigenvalue weighted by Crippen LogP contribution is -2.44. The molecule has 2 amide bonds. The molecule has 0 aliphatic carbocycles. The van der Waals surface area contributed by atoms with Crippen LogP contribution in [0.25, 0.3) is 0 Å². The zero-order valence-corrected chi connectivity index (χ0v) is 13.4. The molecule has 0 saturated carbocycles. The standard InChI is InChI=1S/C13H19BrN4O2/c1-9-5-4-6-10(14)11(9)18(2)13(19)17-12(15)16-7-8-20-3/h4-6H,7-8H2,1-3H3,(H3,15,16,17,19). The van der Waals surface area contributed by atoms with Gasteiger partial charge in [-0.1, -0.05) is 12.1 Å². The molecular weight excluding hydrogens is 324 g/mol. The second kappa shape index (κ2) is 7.86. The number of ether oxygens (including phenoxy) is 1. The predicted molar refractivity (Wildman–Crippen MR) is 84.2 cm³/mol. The first-order chi connectivity index (χ1) is 9.47. The summed E-state index contributed by atoms with van der Waals surface area (Å²) in [4.78, 5) is 17.6. The van der Waals surface area contributed by atoms with E-state index in [-0.39, 0.29) is 12.0 Å². The number of halogens is 1. The first kappa shape index (κ1) is 16.5. The van der Waals surface area contributed by atoms with E-state index >= 15 is 0 Å². The molecule has 110 valence electrons. The number of hydrogen-bond donors (Lipinski definition) is 2. The minimum atomic E-state index is -0.348. The number of nitrogens with two attached hydrogens (primary N) is 1. The molecule has 6 nitrogen and oxygen atoms in total. The molecule has 0 radical (unpaired) electrons. The van der Waals surface area contributed by atoms with E-state index in [1.807, 2.05) is 25.1 Å². The Morgan fingerprint density at radius 3 is 2.85 bits per heavy atom. The molecule has 0 bridgehead atoms. The van der Waals surface area contributed by atoms with Gasteiger partial charge in [-0.05, 0) is 34.5 Å². The SMILES string of the molecule is COCCN=C(N)NC(=O)N(C)c1c(C)cccc1Br. The summed E-state index contributed by atoms with van der Waals surface area (Å²) >= 11 is 3.43. The lowest BCUT2D eigenvalue weighted by molar-refractivity contribution is 0.208. The zero-order chi connectivity index (χ0) is 15.1. The third-order valence-corrected chi connectivity index (χ3v) is 3.28. The molecule has 0 aromatic heterocycles. The number of methoxy groups -OCH3 is 1. The summed E-state index contributed by atoms with van der Waals surface area (Å²) in [6.07, 6.45) is 0. The molecule has 7 heteroatoms. The molecular formula is C13H19BrN4O2. The van der Waals surface area contributed by atoms with Crippen molar-refractivity contribution in [3.05, 3.63) is 28.2 Å². The summed E-state index contributed by atoms with van der Waals surface area (Å²) in [5.41, 5.74) is 7.40. The van der Waals surface area contributed by atoms with Gasteiger partial charge in [0.2, 0.25) is 0 Å². The number of amides is 2. The second-order valence-corrected chi connectivity index (χ2v) is 5.01. The minimum Gasteiger partial charge on any atom is -0.383 e. The summed E-state index contributed by atoms with van der Waals surface area (Å²) in [6.45, 7) is 2.79. The van der Waals surface area contributed by atoms with Crippen molar-refractivity contribution < 1.29 is 9.53 Å². The van der Waals surface area contributed by atoms with Crippen LogP contribution < -0.4 is 16.0 Å². The molecule has 0 fully saturated rings. The van der Waals surface area contributed by atoms with E-state index < -0.39 is 0 Å². The zero-order valence-electron chi connectivity index (χ0n) is 11.8. The summed E-state index contributed by atoms with van der Waals surface area (Å²) in [5, 5.41) is 2.53. The highest BCUT2D eigenvalue weighted by molar-refractivity contribution is 9.10. The lowest BCUT2D eigenvalue weighted by Gasteiger charge is -2.21. The van der Waals surface area contributed by atoms with E-state index in [9.17, 15) is 4.79 Å². The number of nitrogens with zero attached hydrogens (tertiary/aromatic N) is 2. The summed E-state index contributed by atoms with van der Waals surface area (Å²) < 4.78 is 5.69. The van der Waals surface area contributed by atoms with Crippen LogP contribution in [0, 0.1) is 6.92 Å². The Morgan fingerprint density at radius 1 is 1.55 bits per heavy atom. The monoisotopic (exact) mass is 342 g/mol. The molecule has 3 N–H and O–H groups in total. The van der Waals surface area contributed by atoms with Gasteiger partial charge in [0.15, 0.2) is 5.96 Å². The molecule has 0 aliphatic rings. The highest BCUT2D eigenvalue weighted by Gasteiger charge is 2.16. The van der Waals surface area contributed by atoms with Gasteiger partial charge in [-0.2, -0.15) is 0 Å². The minimum absolute atomic E-state index is 0.0728. The van der Waals surface area contributed by atoms with Gasteiger partial charge < -0.3 is 10.5 Å². The maximum Gasteiger partial charge on any atom is 0.328 e. The molecule has 1 aromatic carbocycles. The Balaban J connectivity index is 2.75. The molecule has 0 spiro atoms. The average Bonchev–Trinajstić information content (AvgIpc) is 2.38. The van der Waals surface area contributed by atoms with Crippen molar-refractivity contribution in [2.45, 2.75) is 6.92 Å². The topological polar surface area (TPSA) is 80.0 Å². The van der Waals surface area contributed by atoms with Gasteiger partial charge in [-0.15, -0.1) is 0 Å². The third kappa shape index (κ3) is 4.50. The van der Waals surface area contributed by atoms with Crippen LogP contribution >= 0.6 is 15.9 Å². The van der Waals surface area contributed by atoms with E-state index in [2.05, 4.69) is 26.2 Å². The summed E-state index contributed by atoms with van der Waals surface area (Å²) in [6, 6.07) is 5.37. The fraction of sp³-hybridized carbons (Fsp3) is 0.385. The summed E-state index contributed by atoms with van der Waals surface area (Å²) in [7, 11) is 3.25.